The molecule has 7 heteroatoms. The third-order valence-electron chi connectivity index (χ3n) is 3.03. The molecule has 2 rings (SSSR count). The van der Waals surface area contributed by atoms with Crippen LogP contribution >= 0.6 is 15.9 Å². The van der Waals surface area contributed by atoms with Gasteiger partial charge in [0.25, 0.3) is 0 Å². The topological polar surface area (TPSA) is 60.2 Å². The third-order valence-corrected chi connectivity index (χ3v) is 3.76. The van der Waals surface area contributed by atoms with Gasteiger partial charge in [0, 0.05) is 13.1 Å². The first-order chi connectivity index (χ1) is 8.78. The lowest BCUT2D eigenvalue weighted by Crippen LogP contribution is -2.35. The van der Waals surface area contributed by atoms with Gasteiger partial charge in [-0.1, -0.05) is 5.21 Å². The first-order valence-electron chi connectivity index (χ1n) is 6.33. The van der Waals surface area contributed by atoms with Crippen LogP contribution in [0.15, 0.2) is 4.60 Å². The van der Waals surface area contributed by atoms with E-state index >= 15 is 0 Å². The molecular weight excluding hydrogens is 312 g/mol. The number of rotatable bonds is 1. The molecule has 0 saturated carbocycles. The standard InChI is InChI=1S/C12H19BrN4O2/c1-8-10(13)14-15-17(8)9-5-6-16(7-9)11(18)19-12(2,3)4/h9H,5-7H2,1-4H3/t9-/m1/s1. The van der Waals surface area contributed by atoms with E-state index in [0.29, 0.717) is 13.1 Å². The van der Waals surface area contributed by atoms with Crippen LogP contribution < -0.4 is 0 Å². The number of hydrogen-bond donors (Lipinski definition) is 0. The minimum Gasteiger partial charge on any atom is -0.444 e. The monoisotopic (exact) mass is 330 g/mol. The molecule has 1 aromatic heterocycles. The summed E-state index contributed by atoms with van der Waals surface area (Å²) in [6.07, 6.45) is 0.613. The van der Waals surface area contributed by atoms with E-state index in [4.69, 9.17) is 4.74 Å². The van der Waals surface area contributed by atoms with E-state index < -0.39 is 5.60 Å². The van der Waals surface area contributed by atoms with Gasteiger partial charge in [0.1, 0.15) is 5.60 Å². The average Bonchev–Trinajstić information content (AvgIpc) is 2.85. The fourth-order valence-electron chi connectivity index (χ4n) is 2.10. The smallest absolute Gasteiger partial charge is 0.410 e. The summed E-state index contributed by atoms with van der Waals surface area (Å²) in [6, 6.07) is 0.173. The van der Waals surface area contributed by atoms with Gasteiger partial charge in [-0.3, -0.25) is 0 Å². The van der Waals surface area contributed by atoms with Crippen LogP contribution in [0.25, 0.3) is 0 Å². The van der Waals surface area contributed by atoms with Crippen LogP contribution in [0.1, 0.15) is 38.9 Å². The molecule has 0 aromatic carbocycles. The first-order valence-corrected chi connectivity index (χ1v) is 7.12. The van der Waals surface area contributed by atoms with Crippen molar-refractivity contribution in [2.75, 3.05) is 13.1 Å². The SMILES string of the molecule is Cc1c(Br)nnn1[C@@H]1CCN(C(=O)OC(C)(C)C)C1. The van der Waals surface area contributed by atoms with Crippen LogP contribution in [-0.2, 0) is 4.74 Å². The second-order valence-electron chi connectivity index (χ2n) is 5.78. The van der Waals surface area contributed by atoms with Crippen molar-refractivity contribution in [1.82, 2.24) is 19.9 Å². The van der Waals surface area contributed by atoms with E-state index in [1.807, 2.05) is 32.4 Å². The maximum atomic E-state index is 12.0. The Bertz CT molecular complexity index is 481. The molecular formula is C12H19BrN4O2. The largest absolute Gasteiger partial charge is 0.444 e. The first kappa shape index (κ1) is 14.3. The lowest BCUT2D eigenvalue weighted by atomic mass is 10.2. The zero-order valence-electron chi connectivity index (χ0n) is 11.7. The Morgan fingerprint density at radius 2 is 2.16 bits per heavy atom. The Morgan fingerprint density at radius 1 is 1.47 bits per heavy atom. The highest BCUT2D eigenvalue weighted by atomic mass is 79.9. The lowest BCUT2D eigenvalue weighted by Gasteiger charge is -2.24. The Balaban J connectivity index is 2.00. The maximum Gasteiger partial charge on any atom is 0.410 e. The molecule has 1 aliphatic rings. The molecule has 106 valence electrons. The zero-order chi connectivity index (χ0) is 14.2. The highest BCUT2D eigenvalue weighted by Gasteiger charge is 2.32. The van der Waals surface area contributed by atoms with E-state index in [9.17, 15) is 4.79 Å². The van der Waals surface area contributed by atoms with Gasteiger partial charge in [-0.25, -0.2) is 9.48 Å². The number of carbonyl (C=O) groups is 1. The summed E-state index contributed by atoms with van der Waals surface area (Å²) in [5, 5.41) is 8.09. The molecule has 1 atom stereocenters. The molecule has 0 radical (unpaired) electrons. The molecule has 0 unspecified atom stereocenters. The molecule has 6 nitrogen and oxygen atoms in total. The maximum absolute atomic E-state index is 12.0. The van der Waals surface area contributed by atoms with Crippen molar-refractivity contribution >= 4 is 22.0 Å². The number of amides is 1. The van der Waals surface area contributed by atoms with Gasteiger partial charge in [0.05, 0.1) is 11.7 Å². The fourth-order valence-corrected chi connectivity index (χ4v) is 2.35. The van der Waals surface area contributed by atoms with Crippen LogP contribution in [0.5, 0.6) is 0 Å². The Kier molecular flexibility index (Phi) is 3.85. The van der Waals surface area contributed by atoms with Crippen molar-refractivity contribution in [3.63, 3.8) is 0 Å². The van der Waals surface area contributed by atoms with Crippen molar-refractivity contribution in [1.29, 1.82) is 0 Å². The summed E-state index contributed by atoms with van der Waals surface area (Å²) < 4.78 is 8.00. The van der Waals surface area contributed by atoms with Gasteiger partial charge in [-0.2, -0.15) is 0 Å². The van der Waals surface area contributed by atoms with E-state index in [0.717, 1.165) is 16.7 Å². The summed E-state index contributed by atoms with van der Waals surface area (Å²) in [6.45, 7) is 8.88. The van der Waals surface area contributed by atoms with Crippen molar-refractivity contribution in [2.24, 2.45) is 0 Å². The lowest BCUT2D eigenvalue weighted by molar-refractivity contribution is 0.0288. The van der Waals surface area contributed by atoms with Gasteiger partial charge in [-0.15, -0.1) is 5.10 Å². The molecule has 0 bridgehead atoms. The molecule has 0 aliphatic carbocycles. The average molecular weight is 331 g/mol. The number of carbonyl (C=O) groups excluding carboxylic acids is 1. The van der Waals surface area contributed by atoms with Gasteiger partial charge >= 0.3 is 6.09 Å². The molecule has 1 aromatic rings. The molecule has 1 fully saturated rings. The van der Waals surface area contributed by atoms with Crippen LogP contribution in [0.2, 0.25) is 0 Å². The van der Waals surface area contributed by atoms with Gasteiger partial charge in [0.15, 0.2) is 4.60 Å². The second kappa shape index (κ2) is 5.11. The summed E-state index contributed by atoms with van der Waals surface area (Å²) in [5.74, 6) is 0. The minimum absolute atomic E-state index is 0.173. The van der Waals surface area contributed by atoms with Crippen LogP contribution in [0, 0.1) is 6.92 Å². The van der Waals surface area contributed by atoms with Crippen molar-refractivity contribution in [3.05, 3.63) is 10.3 Å². The summed E-state index contributed by atoms with van der Waals surface area (Å²) in [4.78, 5) is 13.7. The summed E-state index contributed by atoms with van der Waals surface area (Å²) >= 11 is 3.35. The zero-order valence-corrected chi connectivity index (χ0v) is 13.3. The summed E-state index contributed by atoms with van der Waals surface area (Å²) in [5.41, 5.74) is 0.525. The number of hydrogen-bond acceptors (Lipinski definition) is 4. The van der Waals surface area contributed by atoms with Crippen molar-refractivity contribution in [3.8, 4) is 0 Å². The van der Waals surface area contributed by atoms with Gasteiger partial charge < -0.3 is 9.64 Å². The predicted molar refractivity (Wildman–Crippen MR) is 73.9 cm³/mol. The molecule has 1 aliphatic heterocycles. The molecule has 2 heterocycles. The van der Waals surface area contributed by atoms with E-state index in [1.165, 1.54) is 0 Å². The molecule has 1 saturated heterocycles. The second-order valence-corrected chi connectivity index (χ2v) is 6.53. The normalized spacial score (nSPS) is 19.8. The highest BCUT2D eigenvalue weighted by molar-refractivity contribution is 9.10. The quantitative estimate of drug-likeness (QED) is 0.793. The fraction of sp³-hybridized carbons (Fsp3) is 0.750. The number of nitrogens with zero attached hydrogens (tertiary/aromatic N) is 4. The number of ether oxygens (including phenoxy) is 1. The van der Waals surface area contributed by atoms with Gasteiger partial charge in [-0.05, 0) is 50.0 Å². The molecule has 19 heavy (non-hydrogen) atoms. The van der Waals surface area contributed by atoms with Crippen LogP contribution in [0.3, 0.4) is 0 Å². The number of aromatic nitrogens is 3. The Morgan fingerprint density at radius 3 is 2.68 bits per heavy atom. The number of halogens is 1. The minimum atomic E-state index is -0.457. The van der Waals surface area contributed by atoms with Crippen LogP contribution in [0.4, 0.5) is 4.79 Å². The predicted octanol–water partition coefficient (Wildman–Crippen LogP) is 2.53. The Hall–Kier alpha value is -1.11. The van der Waals surface area contributed by atoms with Crippen molar-refractivity contribution in [2.45, 2.75) is 45.8 Å². The van der Waals surface area contributed by atoms with Gasteiger partial charge in [0.2, 0.25) is 0 Å². The summed E-state index contributed by atoms with van der Waals surface area (Å²) in [7, 11) is 0. The van der Waals surface area contributed by atoms with E-state index in [1.54, 1.807) is 4.90 Å². The van der Waals surface area contributed by atoms with Crippen molar-refractivity contribution < 1.29 is 9.53 Å². The molecule has 0 spiro atoms. The van der Waals surface area contributed by atoms with E-state index in [-0.39, 0.29) is 12.1 Å². The molecule has 0 N–H and O–H groups in total. The molecule has 1 amide bonds. The third kappa shape index (κ3) is 3.26. The van der Waals surface area contributed by atoms with E-state index in [2.05, 4.69) is 26.2 Å². The van der Waals surface area contributed by atoms with Crippen LogP contribution in [-0.4, -0.2) is 44.7 Å². The highest BCUT2D eigenvalue weighted by Crippen LogP contribution is 2.25. The Labute approximate surface area is 121 Å². The number of likely N-dealkylation sites (tertiary alicyclic amines) is 1.